The van der Waals surface area contributed by atoms with Gasteiger partial charge >= 0.3 is 5.97 Å². The zero-order valence-corrected chi connectivity index (χ0v) is 16.9. The fraction of sp³-hybridized carbons (Fsp3) is 0.375. The SMILES string of the molecule is CCCCOCCOc1ccc(-c2ccc3c(c2)/C=C(/C(=O)O)CCCO3)cc1. The van der Waals surface area contributed by atoms with Crippen molar-refractivity contribution in [1.82, 2.24) is 0 Å². The number of carbonyl (C=O) groups is 1. The second-order valence-corrected chi connectivity index (χ2v) is 7.02. The van der Waals surface area contributed by atoms with Crippen molar-refractivity contribution in [3.8, 4) is 22.6 Å². The lowest BCUT2D eigenvalue weighted by Gasteiger charge is -2.15. The van der Waals surface area contributed by atoms with Crippen LogP contribution in [0.15, 0.2) is 48.0 Å². The molecule has 5 heteroatoms. The molecular weight excluding hydrogens is 368 g/mol. The summed E-state index contributed by atoms with van der Waals surface area (Å²) in [6.07, 6.45) is 5.13. The van der Waals surface area contributed by atoms with Crippen LogP contribution in [0.25, 0.3) is 17.2 Å². The van der Waals surface area contributed by atoms with Gasteiger partial charge in [0.05, 0.1) is 13.2 Å². The zero-order valence-electron chi connectivity index (χ0n) is 16.9. The monoisotopic (exact) mass is 396 g/mol. The number of ether oxygens (including phenoxy) is 3. The van der Waals surface area contributed by atoms with Crippen molar-refractivity contribution in [2.45, 2.75) is 32.6 Å². The Morgan fingerprint density at radius 2 is 1.86 bits per heavy atom. The highest BCUT2D eigenvalue weighted by atomic mass is 16.5. The molecule has 3 rings (SSSR count). The Morgan fingerprint density at radius 1 is 1.07 bits per heavy atom. The van der Waals surface area contributed by atoms with Gasteiger partial charge in [0.25, 0.3) is 0 Å². The second-order valence-electron chi connectivity index (χ2n) is 7.02. The Hall–Kier alpha value is -2.79. The summed E-state index contributed by atoms with van der Waals surface area (Å²) in [5.41, 5.74) is 3.25. The summed E-state index contributed by atoms with van der Waals surface area (Å²) in [6.45, 7) is 4.55. The molecule has 0 saturated carbocycles. The summed E-state index contributed by atoms with van der Waals surface area (Å²) in [5.74, 6) is 0.647. The Labute approximate surface area is 171 Å². The quantitative estimate of drug-likeness (QED) is 0.591. The molecular formula is C24H28O5. The molecule has 2 aromatic carbocycles. The van der Waals surface area contributed by atoms with Crippen LogP contribution in [0.3, 0.4) is 0 Å². The number of hydrogen-bond acceptors (Lipinski definition) is 4. The summed E-state index contributed by atoms with van der Waals surface area (Å²) in [6, 6.07) is 13.7. The van der Waals surface area contributed by atoms with Crippen molar-refractivity contribution in [2.24, 2.45) is 0 Å². The molecule has 0 fully saturated rings. The molecule has 0 atom stereocenters. The third kappa shape index (κ3) is 6.09. The maximum Gasteiger partial charge on any atom is 0.331 e. The van der Waals surface area contributed by atoms with Crippen LogP contribution in [0.5, 0.6) is 11.5 Å². The van der Waals surface area contributed by atoms with Crippen LogP contribution >= 0.6 is 0 Å². The van der Waals surface area contributed by atoms with Crippen LogP contribution in [-0.4, -0.2) is 37.5 Å². The van der Waals surface area contributed by atoms with Crippen LogP contribution in [0.1, 0.15) is 38.2 Å². The van der Waals surface area contributed by atoms with Crippen LogP contribution in [0, 0.1) is 0 Å². The smallest absolute Gasteiger partial charge is 0.331 e. The number of unbranched alkanes of at least 4 members (excludes halogenated alkanes) is 1. The number of carboxylic acid groups (broad SMARTS) is 1. The van der Waals surface area contributed by atoms with E-state index in [0.717, 1.165) is 47.6 Å². The second kappa shape index (κ2) is 10.7. The van der Waals surface area contributed by atoms with Crippen molar-refractivity contribution in [2.75, 3.05) is 26.4 Å². The predicted octanol–water partition coefficient (Wildman–Crippen LogP) is 5.19. The maximum atomic E-state index is 11.4. The Morgan fingerprint density at radius 3 is 2.62 bits per heavy atom. The summed E-state index contributed by atoms with van der Waals surface area (Å²) in [4.78, 5) is 11.4. The first-order valence-corrected chi connectivity index (χ1v) is 10.2. The van der Waals surface area contributed by atoms with Crippen molar-refractivity contribution >= 4 is 12.0 Å². The Kier molecular flexibility index (Phi) is 7.70. The summed E-state index contributed by atoms with van der Waals surface area (Å²) < 4.78 is 17.0. The number of benzene rings is 2. The maximum absolute atomic E-state index is 11.4. The van der Waals surface area contributed by atoms with Gasteiger partial charge in [0, 0.05) is 17.7 Å². The van der Waals surface area contributed by atoms with Crippen LogP contribution < -0.4 is 9.47 Å². The predicted molar refractivity (Wildman–Crippen MR) is 113 cm³/mol. The van der Waals surface area contributed by atoms with E-state index in [2.05, 4.69) is 6.92 Å². The van der Waals surface area contributed by atoms with E-state index in [1.165, 1.54) is 0 Å². The average molecular weight is 396 g/mol. The molecule has 0 saturated heterocycles. The van der Waals surface area contributed by atoms with Gasteiger partial charge in [-0.05, 0) is 60.7 Å². The molecule has 0 spiro atoms. The van der Waals surface area contributed by atoms with Crippen molar-refractivity contribution in [1.29, 1.82) is 0 Å². The van der Waals surface area contributed by atoms with Gasteiger partial charge in [-0.2, -0.15) is 0 Å². The van der Waals surface area contributed by atoms with E-state index in [1.807, 2.05) is 42.5 Å². The number of fused-ring (bicyclic) bond motifs is 1. The third-order valence-corrected chi connectivity index (χ3v) is 4.79. The number of aliphatic carboxylic acids is 1. The van der Waals surface area contributed by atoms with E-state index in [1.54, 1.807) is 6.08 Å². The lowest BCUT2D eigenvalue weighted by Crippen LogP contribution is -2.07. The lowest BCUT2D eigenvalue weighted by molar-refractivity contribution is -0.132. The molecule has 0 aliphatic carbocycles. The minimum Gasteiger partial charge on any atom is -0.493 e. The van der Waals surface area contributed by atoms with Gasteiger partial charge in [-0.25, -0.2) is 4.79 Å². The van der Waals surface area contributed by atoms with Crippen LogP contribution in [-0.2, 0) is 9.53 Å². The largest absolute Gasteiger partial charge is 0.493 e. The van der Waals surface area contributed by atoms with Crippen LogP contribution in [0.4, 0.5) is 0 Å². The van der Waals surface area contributed by atoms with Gasteiger partial charge in [0.15, 0.2) is 0 Å². The fourth-order valence-electron chi connectivity index (χ4n) is 3.16. The molecule has 0 amide bonds. The van der Waals surface area contributed by atoms with Gasteiger partial charge in [0.1, 0.15) is 18.1 Å². The Bertz CT molecular complexity index is 839. The normalized spacial score (nSPS) is 15.3. The fourth-order valence-corrected chi connectivity index (χ4v) is 3.16. The third-order valence-electron chi connectivity index (χ3n) is 4.79. The average Bonchev–Trinajstić information content (AvgIpc) is 2.71. The standard InChI is InChI=1S/C24H28O5/c1-2-3-12-27-14-15-28-22-9-6-18(7-10-22)19-8-11-23-21(16-19)17-20(24(25)26)5-4-13-29-23/h6-11,16-17H,2-5,12-15H2,1H3,(H,25,26)/b20-17+. The van der Waals surface area contributed by atoms with Crippen molar-refractivity contribution < 1.29 is 24.1 Å². The van der Waals surface area contributed by atoms with Crippen molar-refractivity contribution in [3.05, 3.63) is 53.6 Å². The van der Waals surface area contributed by atoms with E-state index in [-0.39, 0.29) is 0 Å². The van der Waals surface area contributed by atoms with E-state index >= 15 is 0 Å². The molecule has 0 bridgehead atoms. The molecule has 1 heterocycles. The molecule has 1 N–H and O–H groups in total. The zero-order chi connectivity index (χ0) is 20.5. The highest BCUT2D eigenvalue weighted by molar-refractivity contribution is 5.93. The van der Waals surface area contributed by atoms with E-state index < -0.39 is 5.97 Å². The molecule has 5 nitrogen and oxygen atoms in total. The minimum atomic E-state index is -0.872. The highest BCUT2D eigenvalue weighted by Gasteiger charge is 2.14. The molecule has 1 aliphatic heterocycles. The topological polar surface area (TPSA) is 65.0 Å². The van der Waals surface area contributed by atoms with E-state index in [9.17, 15) is 9.90 Å². The van der Waals surface area contributed by atoms with Crippen LogP contribution in [0.2, 0.25) is 0 Å². The Balaban J connectivity index is 1.68. The van der Waals surface area contributed by atoms with Gasteiger partial charge in [-0.1, -0.05) is 31.5 Å². The minimum absolute atomic E-state index is 0.414. The molecule has 29 heavy (non-hydrogen) atoms. The molecule has 2 aromatic rings. The first kappa shape index (κ1) is 20.9. The van der Waals surface area contributed by atoms with E-state index in [0.29, 0.717) is 38.2 Å². The summed E-state index contributed by atoms with van der Waals surface area (Å²) in [7, 11) is 0. The van der Waals surface area contributed by atoms with E-state index in [4.69, 9.17) is 14.2 Å². The molecule has 1 aliphatic rings. The number of carboxylic acids is 1. The molecule has 154 valence electrons. The first-order valence-electron chi connectivity index (χ1n) is 10.2. The number of hydrogen-bond donors (Lipinski definition) is 1. The molecule has 0 unspecified atom stereocenters. The molecule has 0 radical (unpaired) electrons. The highest BCUT2D eigenvalue weighted by Crippen LogP contribution is 2.31. The van der Waals surface area contributed by atoms with Gasteiger partial charge in [-0.3, -0.25) is 0 Å². The molecule has 0 aromatic heterocycles. The lowest BCUT2D eigenvalue weighted by atomic mass is 9.99. The number of rotatable bonds is 9. The van der Waals surface area contributed by atoms with Crippen molar-refractivity contribution in [3.63, 3.8) is 0 Å². The van der Waals surface area contributed by atoms with Gasteiger partial charge in [-0.15, -0.1) is 0 Å². The summed E-state index contributed by atoms with van der Waals surface area (Å²) >= 11 is 0. The van der Waals surface area contributed by atoms with Gasteiger partial charge in [0.2, 0.25) is 0 Å². The first-order chi connectivity index (χ1) is 14.2. The van der Waals surface area contributed by atoms with Gasteiger partial charge < -0.3 is 19.3 Å². The summed E-state index contributed by atoms with van der Waals surface area (Å²) in [5, 5.41) is 9.40.